The molecule has 3 N–H and O–H groups in total. The monoisotopic (exact) mass is 559 g/mol. The Balaban J connectivity index is 1.25. The van der Waals surface area contributed by atoms with E-state index in [-0.39, 0.29) is 24.1 Å². The Bertz CT molecular complexity index is 1440. The largest absolute Gasteiger partial charge is 0.487 e. The van der Waals surface area contributed by atoms with Crippen LogP contribution in [-0.4, -0.2) is 47.4 Å². The number of aryl methyl sites for hydroxylation is 1. The first-order valence-corrected chi connectivity index (χ1v) is 14.6. The normalized spacial score (nSPS) is 21.6. The van der Waals surface area contributed by atoms with Gasteiger partial charge in [0.05, 0.1) is 23.5 Å². The molecule has 40 heavy (non-hydrogen) atoms. The summed E-state index contributed by atoms with van der Waals surface area (Å²) >= 11 is 1.42. The fraction of sp³-hybridized carbons (Fsp3) is 0.367. The minimum absolute atomic E-state index is 0.0190. The standard InChI is InChI=1S/C30H33N5O4S/c1-17(2)38-23-8-4-5-9-24(23)39-20-10-11-21(18(3)15-20)35-22-12-14-32-29-25(22)26(34-30(35)37)27(40-29)28(36)33-19-7-6-13-31-16-19/h4-5,8-12,14-15,17,19,26-27,31H,6-7,13,16H2,1-3H3,(H,33,36)(H,34,37)/t19?,26?,27-/m1/s1. The quantitative estimate of drug-likeness (QED) is 0.365. The fourth-order valence-electron chi connectivity index (χ4n) is 5.48. The number of ether oxygens (including phenoxy) is 2. The van der Waals surface area contributed by atoms with Gasteiger partial charge < -0.3 is 25.4 Å². The number of piperidine rings is 1. The van der Waals surface area contributed by atoms with Crippen LogP contribution in [0.5, 0.6) is 17.2 Å². The predicted molar refractivity (Wildman–Crippen MR) is 155 cm³/mol. The zero-order valence-electron chi connectivity index (χ0n) is 22.8. The summed E-state index contributed by atoms with van der Waals surface area (Å²) in [5, 5.41) is 9.91. The van der Waals surface area contributed by atoms with Crippen LogP contribution in [0.15, 0.2) is 59.8 Å². The molecule has 9 nitrogen and oxygen atoms in total. The number of hydrogen-bond acceptors (Lipinski definition) is 7. The summed E-state index contributed by atoms with van der Waals surface area (Å²) < 4.78 is 12.1. The lowest BCUT2D eigenvalue weighted by Gasteiger charge is -2.35. The number of carbonyl (C=O) groups excluding carboxylic acids is 2. The average molecular weight is 560 g/mol. The smallest absolute Gasteiger partial charge is 0.327 e. The topological polar surface area (TPSA) is 105 Å². The number of pyridine rings is 1. The van der Waals surface area contributed by atoms with Gasteiger partial charge in [0.2, 0.25) is 5.91 Å². The first-order chi connectivity index (χ1) is 19.4. The summed E-state index contributed by atoms with van der Waals surface area (Å²) in [6.07, 6.45) is 3.71. The summed E-state index contributed by atoms with van der Waals surface area (Å²) in [5.41, 5.74) is 3.22. The van der Waals surface area contributed by atoms with Gasteiger partial charge in [-0.15, -0.1) is 0 Å². The van der Waals surface area contributed by atoms with Crippen molar-refractivity contribution < 1.29 is 19.1 Å². The van der Waals surface area contributed by atoms with Crippen LogP contribution in [0.4, 0.5) is 16.2 Å². The second kappa shape index (κ2) is 11.0. The Kier molecular flexibility index (Phi) is 7.29. The van der Waals surface area contributed by atoms with Crippen LogP contribution in [0.25, 0.3) is 0 Å². The molecule has 0 aliphatic carbocycles. The van der Waals surface area contributed by atoms with E-state index in [1.54, 1.807) is 11.1 Å². The van der Waals surface area contributed by atoms with Gasteiger partial charge in [-0.05, 0) is 82.1 Å². The van der Waals surface area contributed by atoms with E-state index in [1.807, 2.05) is 69.3 Å². The van der Waals surface area contributed by atoms with Gasteiger partial charge in [-0.1, -0.05) is 23.9 Å². The average Bonchev–Trinajstić information content (AvgIpc) is 3.30. The highest BCUT2D eigenvalue weighted by Crippen LogP contribution is 2.51. The molecule has 0 saturated carbocycles. The van der Waals surface area contributed by atoms with Crippen LogP contribution in [0.3, 0.4) is 0 Å². The summed E-state index contributed by atoms with van der Waals surface area (Å²) in [7, 11) is 0. The summed E-state index contributed by atoms with van der Waals surface area (Å²) in [4.78, 5) is 33.1. The van der Waals surface area contributed by atoms with E-state index in [2.05, 4.69) is 20.9 Å². The molecule has 6 rings (SSSR count). The van der Waals surface area contributed by atoms with E-state index < -0.39 is 11.3 Å². The van der Waals surface area contributed by atoms with Gasteiger partial charge in [-0.25, -0.2) is 9.78 Å². The van der Waals surface area contributed by atoms with Crippen molar-refractivity contribution in [3.05, 3.63) is 65.9 Å². The molecule has 3 aromatic rings. The molecular formula is C30H33N5O4S. The van der Waals surface area contributed by atoms with Gasteiger partial charge in [0.25, 0.3) is 0 Å². The maximum Gasteiger partial charge on any atom is 0.327 e. The van der Waals surface area contributed by atoms with Crippen LogP contribution in [0.1, 0.15) is 43.9 Å². The number of para-hydroxylation sites is 2. The molecule has 4 heterocycles. The van der Waals surface area contributed by atoms with Crippen molar-refractivity contribution in [1.82, 2.24) is 20.9 Å². The third-order valence-electron chi connectivity index (χ3n) is 7.26. The van der Waals surface area contributed by atoms with Gasteiger partial charge in [0.15, 0.2) is 11.5 Å². The number of urea groups is 1. The van der Waals surface area contributed by atoms with E-state index in [0.717, 1.165) is 53.5 Å². The SMILES string of the molecule is Cc1cc(Oc2ccccc2OC(C)C)ccc1N1C(=O)NC2c3c1ccnc3S[C@H]2C(=O)NC1CCCNC1. The molecule has 10 heteroatoms. The molecule has 0 radical (unpaired) electrons. The zero-order valence-corrected chi connectivity index (χ0v) is 23.6. The van der Waals surface area contributed by atoms with Crippen molar-refractivity contribution in [1.29, 1.82) is 0 Å². The van der Waals surface area contributed by atoms with Crippen molar-refractivity contribution in [2.45, 2.75) is 62.1 Å². The Morgan fingerprint density at radius 3 is 2.73 bits per heavy atom. The van der Waals surface area contributed by atoms with E-state index >= 15 is 0 Å². The zero-order chi connectivity index (χ0) is 27.8. The molecule has 3 atom stereocenters. The number of aromatic nitrogens is 1. The first-order valence-electron chi connectivity index (χ1n) is 13.7. The maximum atomic E-state index is 13.6. The van der Waals surface area contributed by atoms with Crippen molar-refractivity contribution >= 4 is 35.1 Å². The molecule has 208 valence electrons. The van der Waals surface area contributed by atoms with Crippen LogP contribution in [-0.2, 0) is 4.79 Å². The van der Waals surface area contributed by atoms with Gasteiger partial charge in [-0.3, -0.25) is 9.69 Å². The van der Waals surface area contributed by atoms with Crippen molar-refractivity contribution in [2.75, 3.05) is 18.0 Å². The Hall–Kier alpha value is -3.76. The fourth-order valence-corrected chi connectivity index (χ4v) is 6.71. The number of hydrogen-bond donors (Lipinski definition) is 3. The molecule has 0 spiro atoms. The molecule has 1 saturated heterocycles. The number of anilines is 2. The number of nitrogens with one attached hydrogen (secondary N) is 3. The molecule has 3 amide bonds. The van der Waals surface area contributed by atoms with Gasteiger partial charge in [-0.2, -0.15) is 0 Å². The maximum absolute atomic E-state index is 13.6. The number of benzene rings is 2. The highest BCUT2D eigenvalue weighted by atomic mass is 32.2. The van der Waals surface area contributed by atoms with Crippen LogP contribution >= 0.6 is 11.8 Å². The highest BCUT2D eigenvalue weighted by Gasteiger charge is 2.47. The third-order valence-corrected chi connectivity index (χ3v) is 8.55. The van der Waals surface area contributed by atoms with Crippen molar-refractivity contribution in [3.8, 4) is 17.2 Å². The second-order valence-corrected chi connectivity index (χ2v) is 11.7. The molecule has 3 aliphatic heterocycles. The predicted octanol–water partition coefficient (Wildman–Crippen LogP) is 5.21. The van der Waals surface area contributed by atoms with E-state index in [4.69, 9.17) is 9.47 Å². The van der Waals surface area contributed by atoms with E-state index in [0.29, 0.717) is 17.2 Å². The minimum Gasteiger partial charge on any atom is -0.487 e. The Morgan fingerprint density at radius 2 is 1.98 bits per heavy atom. The first kappa shape index (κ1) is 26.5. The van der Waals surface area contributed by atoms with Crippen molar-refractivity contribution in [2.24, 2.45) is 0 Å². The molecule has 2 unspecified atom stereocenters. The summed E-state index contributed by atoms with van der Waals surface area (Å²) in [6, 6.07) is 14.4. The number of rotatable bonds is 7. The number of thioether (sulfide) groups is 1. The lowest BCUT2D eigenvalue weighted by atomic mass is 9.99. The molecule has 2 aromatic carbocycles. The number of carbonyl (C=O) groups is 2. The Morgan fingerprint density at radius 1 is 1.15 bits per heavy atom. The Labute approximate surface area is 238 Å². The van der Waals surface area contributed by atoms with Gasteiger partial charge in [0.1, 0.15) is 16.0 Å². The lowest BCUT2D eigenvalue weighted by molar-refractivity contribution is -0.121. The van der Waals surface area contributed by atoms with Crippen molar-refractivity contribution in [3.63, 3.8) is 0 Å². The number of nitrogens with zero attached hydrogens (tertiary/aromatic N) is 2. The van der Waals surface area contributed by atoms with Crippen LogP contribution < -0.4 is 30.3 Å². The highest BCUT2D eigenvalue weighted by molar-refractivity contribution is 8.01. The minimum atomic E-state index is -0.471. The molecule has 1 aromatic heterocycles. The van der Waals surface area contributed by atoms with Gasteiger partial charge in [0, 0.05) is 24.3 Å². The summed E-state index contributed by atoms with van der Waals surface area (Å²) in [6.45, 7) is 7.63. The number of amides is 3. The van der Waals surface area contributed by atoms with Crippen LogP contribution in [0.2, 0.25) is 0 Å². The van der Waals surface area contributed by atoms with Gasteiger partial charge >= 0.3 is 6.03 Å². The third kappa shape index (κ3) is 5.09. The molecule has 1 fully saturated rings. The van der Waals surface area contributed by atoms with E-state index in [9.17, 15) is 9.59 Å². The summed E-state index contributed by atoms with van der Waals surface area (Å²) in [5.74, 6) is 1.87. The molecular weight excluding hydrogens is 526 g/mol. The van der Waals surface area contributed by atoms with E-state index in [1.165, 1.54) is 11.8 Å². The lowest BCUT2D eigenvalue weighted by Crippen LogP contribution is -2.52. The molecule has 0 bridgehead atoms. The molecule has 3 aliphatic rings. The second-order valence-electron chi connectivity index (χ2n) is 10.6. The van der Waals surface area contributed by atoms with Crippen LogP contribution in [0, 0.1) is 6.92 Å².